The number of rotatable bonds is 13. The van der Waals surface area contributed by atoms with E-state index in [1.165, 1.54) is 0 Å². The summed E-state index contributed by atoms with van der Waals surface area (Å²) in [5.41, 5.74) is 1.66. The second-order valence-electron chi connectivity index (χ2n) is 7.35. The molecule has 0 aliphatic heterocycles. The van der Waals surface area contributed by atoms with Crippen LogP contribution in [0.5, 0.6) is 0 Å². The summed E-state index contributed by atoms with van der Waals surface area (Å²) in [6, 6.07) is 17.3. The lowest BCUT2D eigenvalue weighted by molar-refractivity contribution is -0.138. The van der Waals surface area contributed by atoms with Gasteiger partial charge in [0.1, 0.15) is 25.8 Å². The van der Waals surface area contributed by atoms with Crippen molar-refractivity contribution in [2.75, 3.05) is 13.1 Å². The minimum Gasteiger partial charge on any atom is -0.480 e. The number of hydrogen-bond acceptors (Lipinski definition) is 6. The van der Waals surface area contributed by atoms with Crippen LogP contribution >= 0.6 is 0 Å². The number of amides is 3. The van der Waals surface area contributed by atoms with Crippen LogP contribution in [0.2, 0.25) is 0 Å². The van der Waals surface area contributed by atoms with E-state index in [1.54, 1.807) is 12.1 Å². The van der Waals surface area contributed by atoms with Gasteiger partial charge >= 0.3 is 18.2 Å². The molecule has 4 N–H and O–H groups in total. The molecule has 0 unspecified atom stereocenters. The monoisotopic (exact) mass is 471 g/mol. The van der Waals surface area contributed by atoms with Crippen LogP contribution in [0, 0.1) is 0 Å². The summed E-state index contributed by atoms with van der Waals surface area (Å²) in [5, 5.41) is 16.1. The first-order valence-electron chi connectivity index (χ1n) is 10.9. The van der Waals surface area contributed by atoms with Crippen molar-refractivity contribution in [2.45, 2.75) is 38.5 Å². The predicted octanol–water partition coefficient (Wildman–Crippen LogP) is 2.58. The molecule has 0 saturated carbocycles. The molecule has 10 nitrogen and oxygen atoms in total. The maximum Gasteiger partial charge on any atom is 0.408 e. The van der Waals surface area contributed by atoms with E-state index in [9.17, 15) is 19.2 Å². The van der Waals surface area contributed by atoms with Gasteiger partial charge < -0.3 is 30.5 Å². The van der Waals surface area contributed by atoms with Crippen LogP contribution in [0.1, 0.15) is 30.4 Å². The first kappa shape index (κ1) is 26.2. The van der Waals surface area contributed by atoms with Crippen molar-refractivity contribution in [3.63, 3.8) is 0 Å². The fourth-order valence-corrected chi connectivity index (χ4v) is 2.90. The molecule has 2 aromatic carbocycles. The van der Waals surface area contributed by atoms with Crippen LogP contribution in [-0.2, 0) is 32.3 Å². The molecule has 0 fully saturated rings. The second-order valence-corrected chi connectivity index (χ2v) is 7.35. The van der Waals surface area contributed by atoms with Crippen LogP contribution < -0.4 is 16.0 Å². The Morgan fingerprint density at radius 2 is 1.32 bits per heavy atom. The standard InChI is InChI=1S/C24H29N3O7/c28-21(29)15-26-22(30)20(27-24(32)34-17-19-11-5-2-6-12-19)13-7-8-14-25-23(31)33-16-18-9-3-1-4-10-18/h1-6,9-12,20H,7-8,13-17H2,(H,25,31)(H,26,30)(H,27,32)(H,28,29)/t20-/m1/s1. The fraction of sp³-hybridized carbons (Fsp3) is 0.333. The third-order valence-electron chi connectivity index (χ3n) is 4.64. The number of nitrogens with one attached hydrogen (secondary N) is 3. The Morgan fingerprint density at radius 3 is 1.88 bits per heavy atom. The number of carboxylic acids is 1. The lowest BCUT2D eigenvalue weighted by atomic mass is 10.1. The van der Waals surface area contributed by atoms with Gasteiger partial charge in [0, 0.05) is 6.54 Å². The van der Waals surface area contributed by atoms with Crippen molar-refractivity contribution in [3.05, 3.63) is 71.8 Å². The van der Waals surface area contributed by atoms with Crippen LogP contribution in [0.15, 0.2) is 60.7 Å². The quantitative estimate of drug-likeness (QED) is 0.329. The highest BCUT2D eigenvalue weighted by molar-refractivity contribution is 5.87. The van der Waals surface area contributed by atoms with Crippen LogP contribution in [-0.4, -0.2) is 48.3 Å². The zero-order valence-corrected chi connectivity index (χ0v) is 18.7. The van der Waals surface area contributed by atoms with Crippen molar-refractivity contribution in [1.29, 1.82) is 0 Å². The fourth-order valence-electron chi connectivity index (χ4n) is 2.90. The number of unbranched alkanes of at least 4 members (excludes halogenated alkanes) is 1. The average molecular weight is 472 g/mol. The molecule has 0 aliphatic carbocycles. The molecule has 0 heterocycles. The molecule has 182 valence electrons. The highest BCUT2D eigenvalue weighted by atomic mass is 16.6. The van der Waals surface area contributed by atoms with Gasteiger partial charge in [-0.1, -0.05) is 60.7 Å². The summed E-state index contributed by atoms with van der Waals surface area (Å²) in [4.78, 5) is 47.0. The normalized spacial score (nSPS) is 11.1. The Balaban J connectivity index is 1.72. The third kappa shape index (κ3) is 11.0. The highest BCUT2D eigenvalue weighted by Crippen LogP contribution is 2.05. The average Bonchev–Trinajstić information content (AvgIpc) is 2.85. The summed E-state index contributed by atoms with van der Waals surface area (Å²) >= 11 is 0. The summed E-state index contributed by atoms with van der Waals surface area (Å²) < 4.78 is 10.3. The SMILES string of the molecule is O=C(O)CNC(=O)[C@@H](CCCCNC(=O)OCc1ccccc1)NC(=O)OCc1ccccc1. The number of hydrogen-bond donors (Lipinski definition) is 4. The van der Waals surface area contributed by atoms with E-state index in [1.807, 2.05) is 48.5 Å². The van der Waals surface area contributed by atoms with Crippen molar-refractivity contribution >= 4 is 24.1 Å². The van der Waals surface area contributed by atoms with Gasteiger partial charge in [-0.2, -0.15) is 0 Å². The van der Waals surface area contributed by atoms with Gasteiger partial charge in [0.25, 0.3) is 0 Å². The molecular formula is C24H29N3O7. The number of carboxylic acid groups (broad SMARTS) is 1. The number of aliphatic carboxylic acids is 1. The number of carbonyl (C=O) groups excluding carboxylic acids is 3. The Hall–Kier alpha value is -4.08. The van der Waals surface area contributed by atoms with Crippen molar-refractivity contribution in [2.24, 2.45) is 0 Å². The van der Waals surface area contributed by atoms with Gasteiger partial charge in [0.05, 0.1) is 0 Å². The molecule has 0 aromatic heterocycles. The van der Waals surface area contributed by atoms with Crippen molar-refractivity contribution in [1.82, 2.24) is 16.0 Å². The smallest absolute Gasteiger partial charge is 0.408 e. The molecule has 0 radical (unpaired) electrons. The van der Waals surface area contributed by atoms with Gasteiger partial charge in [0.15, 0.2) is 0 Å². The first-order chi connectivity index (χ1) is 16.4. The maximum atomic E-state index is 12.3. The summed E-state index contributed by atoms with van der Waals surface area (Å²) in [5.74, 6) is -1.83. The number of benzene rings is 2. The van der Waals surface area contributed by atoms with Gasteiger partial charge in [-0.3, -0.25) is 9.59 Å². The van der Waals surface area contributed by atoms with E-state index in [4.69, 9.17) is 14.6 Å². The van der Waals surface area contributed by atoms with E-state index < -0.39 is 36.6 Å². The van der Waals surface area contributed by atoms with E-state index >= 15 is 0 Å². The molecule has 0 aliphatic rings. The third-order valence-corrected chi connectivity index (χ3v) is 4.64. The van der Waals surface area contributed by atoms with E-state index in [0.29, 0.717) is 19.4 Å². The second kappa shape index (κ2) is 14.9. The summed E-state index contributed by atoms with van der Waals surface area (Å²) in [7, 11) is 0. The van der Waals surface area contributed by atoms with E-state index in [-0.39, 0.29) is 19.6 Å². The highest BCUT2D eigenvalue weighted by Gasteiger charge is 2.21. The summed E-state index contributed by atoms with van der Waals surface area (Å²) in [6.07, 6.45) is -0.122. The zero-order valence-electron chi connectivity index (χ0n) is 18.7. The van der Waals surface area contributed by atoms with Gasteiger partial charge in [-0.15, -0.1) is 0 Å². The Labute approximate surface area is 197 Å². The number of ether oxygens (including phenoxy) is 2. The Morgan fingerprint density at radius 1 is 0.765 bits per heavy atom. The van der Waals surface area contributed by atoms with Crippen molar-refractivity contribution in [3.8, 4) is 0 Å². The van der Waals surface area contributed by atoms with Gasteiger partial charge in [-0.05, 0) is 30.4 Å². The lowest BCUT2D eigenvalue weighted by Crippen LogP contribution is -2.48. The van der Waals surface area contributed by atoms with E-state index in [2.05, 4.69) is 16.0 Å². The number of carbonyl (C=O) groups is 4. The van der Waals surface area contributed by atoms with E-state index in [0.717, 1.165) is 11.1 Å². The van der Waals surface area contributed by atoms with Gasteiger partial charge in [0.2, 0.25) is 5.91 Å². The predicted molar refractivity (Wildman–Crippen MR) is 123 cm³/mol. The maximum absolute atomic E-state index is 12.3. The molecule has 34 heavy (non-hydrogen) atoms. The summed E-state index contributed by atoms with van der Waals surface area (Å²) in [6.45, 7) is -0.0565. The molecule has 3 amide bonds. The molecule has 0 bridgehead atoms. The van der Waals surface area contributed by atoms with Crippen LogP contribution in [0.25, 0.3) is 0 Å². The minimum atomic E-state index is -1.20. The molecule has 2 aromatic rings. The van der Waals surface area contributed by atoms with Crippen molar-refractivity contribution < 1.29 is 33.8 Å². The molecule has 0 spiro atoms. The van der Waals surface area contributed by atoms with Crippen LogP contribution in [0.4, 0.5) is 9.59 Å². The molecule has 2 rings (SSSR count). The Bertz CT molecular complexity index is 923. The topological polar surface area (TPSA) is 143 Å². The zero-order chi connectivity index (χ0) is 24.6. The minimum absolute atomic E-state index is 0.0329. The largest absolute Gasteiger partial charge is 0.480 e. The first-order valence-corrected chi connectivity index (χ1v) is 10.9. The molecule has 1 atom stereocenters. The molecule has 10 heteroatoms. The van der Waals surface area contributed by atoms with Crippen LogP contribution in [0.3, 0.4) is 0 Å². The Kier molecular flexibility index (Phi) is 11.5. The van der Waals surface area contributed by atoms with Gasteiger partial charge in [-0.25, -0.2) is 9.59 Å². The molecule has 0 saturated heterocycles. The lowest BCUT2D eigenvalue weighted by Gasteiger charge is -2.18. The molecular weight excluding hydrogens is 442 g/mol. The number of alkyl carbamates (subject to hydrolysis) is 2.